The lowest BCUT2D eigenvalue weighted by atomic mass is 10.2. The fourth-order valence-corrected chi connectivity index (χ4v) is 3.36. The molecule has 7 nitrogen and oxygen atoms in total. The van der Waals surface area contributed by atoms with Crippen LogP contribution in [0.15, 0.2) is 53.0 Å². The number of carbonyl (C=O) groups is 1. The quantitative estimate of drug-likeness (QED) is 0.465. The van der Waals surface area contributed by atoms with Crippen molar-refractivity contribution in [2.24, 2.45) is 0 Å². The zero-order valence-corrected chi connectivity index (χ0v) is 16.7. The van der Waals surface area contributed by atoms with Crippen molar-refractivity contribution in [3.8, 4) is 5.69 Å². The number of nitrogen functional groups attached to an aromatic ring is 1. The molecule has 0 aliphatic heterocycles. The number of amides is 1. The Labute approximate surface area is 169 Å². The van der Waals surface area contributed by atoms with Crippen LogP contribution >= 0.6 is 15.9 Å². The maximum atomic E-state index is 12.9. The molecule has 0 bridgehead atoms. The molecule has 0 spiro atoms. The van der Waals surface area contributed by atoms with Crippen LogP contribution in [0.2, 0.25) is 0 Å². The van der Waals surface area contributed by atoms with Crippen molar-refractivity contribution < 1.29 is 9.53 Å². The van der Waals surface area contributed by atoms with Crippen LogP contribution in [0.25, 0.3) is 27.9 Å². The number of benzene rings is 2. The van der Waals surface area contributed by atoms with Gasteiger partial charge in [-0.05, 0) is 36.4 Å². The molecule has 2 aromatic carbocycles. The van der Waals surface area contributed by atoms with Crippen molar-refractivity contribution in [3.63, 3.8) is 0 Å². The summed E-state index contributed by atoms with van der Waals surface area (Å²) in [5, 5.41) is 2.82. The van der Waals surface area contributed by atoms with Gasteiger partial charge in [-0.2, -0.15) is 0 Å². The van der Waals surface area contributed by atoms with Gasteiger partial charge in [0.1, 0.15) is 16.9 Å². The molecule has 0 aliphatic rings. The summed E-state index contributed by atoms with van der Waals surface area (Å²) in [5.74, 6) is -0.0115. The van der Waals surface area contributed by atoms with Crippen molar-refractivity contribution in [2.75, 3.05) is 26.0 Å². The predicted octanol–water partition coefficient (Wildman–Crippen LogP) is 3.29. The minimum atomic E-state index is -0.306. The van der Waals surface area contributed by atoms with Crippen molar-refractivity contribution in [3.05, 3.63) is 58.6 Å². The van der Waals surface area contributed by atoms with E-state index < -0.39 is 0 Å². The lowest BCUT2D eigenvalue weighted by molar-refractivity contribution is 0.0939. The molecule has 0 saturated carbocycles. The summed E-state index contributed by atoms with van der Waals surface area (Å²) in [6, 6.07) is 15.2. The minimum absolute atomic E-state index is 0.294. The van der Waals surface area contributed by atoms with E-state index in [4.69, 9.17) is 15.5 Å². The van der Waals surface area contributed by atoms with E-state index in [-0.39, 0.29) is 5.91 Å². The monoisotopic (exact) mass is 439 g/mol. The standard InChI is InChI=1S/C20H18BrN5O2/c1-28-11-10-23-20(27)16-17-19(25-15-5-3-2-4-14(15)24-17)26(18(16)22)13-8-6-12(21)7-9-13/h2-9H,10-11,22H2,1H3,(H,23,27). The third-order valence-electron chi connectivity index (χ3n) is 4.40. The van der Waals surface area contributed by atoms with E-state index in [1.165, 1.54) is 0 Å². The van der Waals surface area contributed by atoms with Crippen molar-refractivity contribution in [1.82, 2.24) is 19.9 Å². The second-order valence-electron chi connectivity index (χ2n) is 6.21. The number of anilines is 1. The van der Waals surface area contributed by atoms with E-state index in [2.05, 4.69) is 26.2 Å². The van der Waals surface area contributed by atoms with Crippen molar-refractivity contribution in [1.29, 1.82) is 0 Å². The number of nitrogens with zero attached hydrogens (tertiary/aromatic N) is 3. The Bertz CT molecular complexity index is 1170. The van der Waals surface area contributed by atoms with E-state index >= 15 is 0 Å². The molecule has 0 saturated heterocycles. The van der Waals surface area contributed by atoms with Gasteiger partial charge in [-0.15, -0.1) is 0 Å². The predicted molar refractivity (Wildman–Crippen MR) is 113 cm³/mol. The van der Waals surface area contributed by atoms with Crippen LogP contribution in [-0.4, -0.2) is 40.7 Å². The number of nitrogens with one attached hydrogen (secondary N) is 1. The van der Waals surface area contributed by atoms with Gasteiger partial charge in [0.2, 0.25) is 0 Å². The summed E-state index contributed by atoms with van der Waals surface area (Å²) in [7, 11) is 1.58. The van der Waals surface area contributed by atoms with Crippen molar-refractivity contribution >= 4 is 49.9 Å². The molecule has 4 rings (SSSR count). The number of hydrogen-bond donors (Lipinski definition) is 2. The maximum Gasteiger partial charge on any atom is 0.257 e. The van der Waals surface area contributed by atoms with E-state index in [0.717, 1.165) is 15.7 Å². The van der Waals surface area contributed by atoms with Gasteiger partial charge in [0, 0.05) is 23.8 Å². The average Bonchev–Trinajstić information content (AvgIpc) is 2.98. The molecule has 1 amide bonds. The van der Waals surface area contributed by atoms with Gasteiger partial charge in [0.25, 0.3) is 5.91 Å². The van der Waals surface area contributed by atoms with Gasteiger partial charge in [-0.25, -0.2) is 9.97 Å². The number of methoxy groups -OCH3 is 1. The first kappa shape index (κ1) is 18.4. The summed E-state index contributed by atoms with van der Waals surface area (Å²) in [6.07, 6.45) is 0. The Balaban J connectivity index is 1.97. The number of hydrogen-bond acceptors (Lipinski definition) is 5. The highest BCUT2D eigenvalue weighted by Gasteiger charge is 2.24. The maximum absolute atomic E-state index is 12.9. The Morgan fingerprint density at radius 2 is 1.82 bits per heavy atom. The van der Waals surface area contributed by atoms with Crippen LogP contribution in [0.1, 0.15) is 10.4 Å². The van der Waals surface area contributed by atoms with Crippen LogP contribution in [0.5, 0.6) is 0 Å². The van der Waals surface area contributed by atoms with Gasteiger partial charge in [-0.3, -0.25) is 9.36 Å². The number of aromatic nitrogens is 3. The second-order valence-corrected chi connectivity index (χ2v) is 7.12. The molecule has 0 unspecified atom stereocenters. The molecule has 0 fully saturated rings. The summed E-state index contributed by atoms with van der Waals surface area (Å²) in [6.45, 7) is 0.784. The highest BCUT2D eigenvalue weighted by atomic mass is 79.9. The topological polar surface area (TPSA) is 95.1 Å². The number of ether oxygens (including phenoxy) is 1. The second kappa shape index (κ2) is 7.57. The fourth-order valence-electron chi connectivity index (χ4n) is 3.09. The highest BCUT2D eigenvalue weighted by molar-refractivity contribution is 9.10. The highest BCUT2D eigenvalue weighted by Crippen LogP contribution is 2.31. The van der Waals surface area contributed by atoms with Gasteiger partial charge in [0.15, 0.2) is 5.65 Å². The van der Waals surface area contributed by atoms with Crippen LogP contribution < -0.4 is 11.1 Å². The molecular weight excluding hydrogens is 422 g/mol. The normalized spacial score (nSPS) is 11.2. The van der Waals surface area contributed by atoms with Crippen LogP contribution in [-0.2, 0) is 4.74 Å². The van der Waals surface area contributed by atoms with E-state index in [1.54, 1.807) is 11.7 Å². The molecule has 0 radical (unpaired) electrons. The third kappa shape index (κ3) is 3.21. The Kier molecular flexibility index (Phi) is 4.97. The first-order valence-electron chi connectivity index (χ1n) is 8.70. The third-order valence-corrected chi connectivity index (χ3v) is 4.93. The number of halogens is 1. The van der Waals surface area contributed by atoms with Crippen molar-refractivity contribution in [2.45, 2.75) is 0 Å². The molecule has 4 aromatic rings. The lowest BCUT2D eigenvalue weighted by Crippen LogP contribution is -2.27. The smallest absolute Gasteiger partial charge is 0.257 e. The number of para-hydroxylation sites is 2. The Hall–Kier alpha value is -2.97. The molecule has 28 heavy (non-hydrogen) atoms. The van der Waals surface area contributed by atoms with Crippen LogP contribution in [0.4, 0.5) is 5.82 Å². The van der Waals surface area contributed by atoms with E-state index in [1.807, 2.05) is 48.5 Å². The fraction of sp³-hybridized carbons (Fsp3) is 0.150. The Morgan fingerprint density at radius 1 is 1.14 bits per heavy atom. The largest absolute Gasteiger partial charge is 0.384 e. The molecule has 2 heterocycles. The molecule has 0 aliphatic carbocycles. The molecule has 2 aromatic heterocycles. The van der Waals surface area contributed by atoms with E-state index in [9.17, 15) is 4.79 Å². The first-order valence-corrected chi connectivity index (χ1v) is 9.49. The molecule has 142 valence electrons. The zero-order valence-electron chi connectivity index (χ0n) is 15.1. The molecular formula is C20H18BrN5O2. The summed E-state index contributed by atoms with van der Waals surface area (Å²) in [5.41, 5.74) is 9.98. The lowest BCUT2D eigenvalue weighted by Gasteiger charge is -2.08. The van der Waals surface area contributed by atoms with Gasteiger partial charge < -0.3 is 15.8 Å². The number of fused-ring (bicyclic) bond motifs is 2. The number of rotatable bonds is 5. The minimum Gasteiger partial charge on any atom is -0.384 e. The van der Waals surface area contributed by atoms with Crippen LogP contribution in [0.3, 0.4) is 0 Å². The summed E-state index contributed by atoms with van der Waals surface area (Å²) < 4.78 is 7.71. The van der Waals surface area contributed by atoms with Gasteiger partial charge >= 0.3 is 0 Å². The summed E-state index contributed by atoms with van der Waals surface area (Å²) in [4.78, 5) is 22.3. The average molecular weight is 440 g/mol. The molecule has 0 atom stereocenters. The zero-order chi connectivity index (χ0) is 19.7. The van der Waals surface area contributed by atoms with E-state index in [0.29, 0.717) is 41.2 Å². The molecule has 3 N–H and O–H groups in total. The first-order chi connectivity index (χ1) is 13.6. The SMILES string of the molecule is COCCNC(=O)c1c(N)n(-c2ccc(Br)cc2)c2nc3ccccc3nc12. The number of nitrogens with two attached hydrogens (primary N) is 1. The van der Waals surface area contributed by atoms with Crippen LogP contribution in [0, 0.1) is 0 Å². The Morgan fingerprint density at radius 3 is 2.50 bits per heavy atom. The molecule has 8 heteroatoms. The van der Waals surface area contributed by atoms with Gasteiger partial charge in [-0.1, -0.05) is 28.1 Å². The number of carbonyl (C=O) groups excluding carboxylic acids is 1. The van der Waals surface area contributed by atoms with Gasteiger partial charge in [0.05, 0.1) is 17.6 Å². The summed E-state index contributed by atoms with van der Waals surface area (Å²) >= 11 is 3.44.